The number of aryl methyl sites for hydroxylation is 1. The second-order valence-electron chi connectivity index (χ2n) is 3.38. The van der Waals surface area contributed by atoms with Crippen molar-refractivity contribution in [3.8, 4) is 0 Å². The zero-order valence-corrected chi connectivity index (χ0v) is 9.51. The minimum absolute atomic E-state index is 0.0116. The summed E-state index contributed by atoms with van der Waals surface area (Å²) in [7, 11) is 1.93. The average molecular weight is 217 g/mol. The van der Waals surface area contributed by atoms with E-state index in [9.17, 15) is 0 Å². The topological polar surface area (TPSA) is 38.1 Å². The monoisotopic (exact) mass is 216 g/mol. The van der Waals surface area contributed by atoms with Gasteiger partial charge in [-0.3, -0.25) is 0 Å². The van der Waals surface area contributed by atoms with Crippen LogP contribution in [0, 0.1) is 0 Å². The van der Waals surface area contributed by atoms with Crippen LogP contribution >= 0.6 is 11.6 Å². The average Bonchev–Trinajstić information content (AvgIpc) is 2.51. The highest BCUT2D eigenvalue weighted by Crippen LogP contribution is 2.14. The Morgan fingerprint density at radius 1 is 1.50 bits per heavy atom. The Bertz CT molecular complexity index is 297. The van der Waals surface area contributed by atoms with E-state index in [-0.39, 0.29) is 6.61 Å². The van der Waals surface area contributed by atoms with E-state index in [0.717, 1.165) is 36.5 Å². The van der Waals surface area contributed by atoms with Gasteiger partial charge in [-0.15, -0.1) is 11.6 Å². The molecule has 1 heterocycles. The van der Waals surface area contributed by atoms with E-state index < -0.39 is 0 Å². The smallest absolute Gasteiger partial charge is 0.109 e. The maximum atomic E-state index is 9.15. The van der Waals surface area contributed by atoms with E-state index in [0.29, 0.717) is 5.88 Å². The van der Waals surface area contributed by atoms with E-state index in [2.05, 4.69) is 11.9 Å². The summed E-state index contributed by atoms with van der Waals surface area (Å²) in [6, 6.07) is 0. The number of aliphatic hydroxyl groups excluding tert-OH is 1. The lowest BCUT2D eigenvalue weighted by atomic mass is 10.2. The molecule has 0 spiro atoms. The summed E-state index contributed by atoms with van der Waals surface area (Å²) in [5.74, 6) is 1.39. The standard InChI is InChI=1S/C10H17ClN2O/c1-3-4-5-10-12-8(6-11)9(7-14)13(10)2/h14H,3-7H2,1-2H3. The third kappa shape index (κ3) is 2.28. The fraction of sp³-hybridized carbons (Fsp3) is 0.700. The Labute approximate surface area is 89.7 Å². The van der Waals surface area contributed by atoms with Crippen LogP contribution in [0.15, 0.2) is 0 Å². The second kappa shape index (κ2) is 5.37. The molecule has 0 saturated heterocycles. The van der Waals surface area contributed by atoms with Gasteiger partial charge in [0.25, 0.3) is 0 Å². The molecule has 1 aromatic rings. The number of nitrogens with zero attached hydrogens (tertiary/aromatic N) is 2. The van der Waals surface area contributed by atoms with Gasteiger partial charge in [-0.2, -0.15) is 0 Å². The summed E-state index contributed by atoms with van der Waals surface area (Å²) >= 11 is 5.74. The van der Waals surface area contributed by atoms with E-state index >= 15 is 0 Å². The predicted octanol–water partition coefficient (Wildman–Crippen LogP) is 1.99. The molecule has 0 aliphatic rings. The number of alkyl halides is 1. The van der Waals surface area contributed by atoms with Crippen molar-refractivity contribution in [3.05, 3.63) is 17.2 Å². The van der Waals surface area contributed by atoms with Crippen LogP contribution in [0.2, 0.25) is 0 Å². The van der Waals surface area contributed by atoms with E-state index in [1.165, 1.54) is 0 Å². The molecule has 1 rings (SSSR count). The van der Waals surface area contributed by atoms with Gasteiger partial charge in [0.05, 0.1) is 23.9 Å². The first kappa shape index (κ1) is 11.5. The molecule has 80 valence electrons. The molecule has 0 amide bonds. The number of unbranched alkanes of at least 4 members (excludes halogenated alkanes) is 1. The lowest BCUT2D eigenvalue weighted by molar-refractivity contribution is 0.271. The Morgan fingerprint density at radius 3 is 2.64 bits per heavy atom. The molecule has 1 aromatic heterocycles. The molecular formula is C10H17ClN2O. The Hall–Kier alpha value is -0.540. The summed E-state index contributed by atoms with van der Waals surface area (Å²) in [5.41, 5.74) is 1.65. The van der Waals surface area contributed by atoms with Crippen molar-refractivity contribution in [2.45, 2.75) is 38.7 Å². The number of aromatic nitrogens is 2. The van der Waals surface area contributed by atoms with Gasteiger partial charge in [0.15, 0.2) is 0 Å². The third-order valence-corrected chi connectivity index (χ3v) is 2.67. The molecule has 0 bridgehead atoms. The lowest BCUT2D eigenvalue weighted by Gasteiger charge is -2.03. The maximum Gasteiger partial charge on any atom is 0.109 e. The minimum atomic E-state index is 0.0116. The summed E-state index contributed by atoms with van der Waals surface area (Å²) in [6.07, 6.45) is 3.23. The number of rotatable bonds is 5. The summed E-state index contributed by atoms with van der Waals surface area (Å²) in [4.78, 5) is 4.41. The van der Waals surface area contributed by atoms with Crippen LogP contribution in [0.1, 0.15) is 37.0 Å². The van der Waals surface area contributed by atoms with Gasteiger partial charge in [0, 0.05) is 13.5 Å². The van der Waals surface area contributed by atoms with Gasteiger partial charge in [-0.1, -0.05) is 13.3 Å². The molecule has 0 atom stereocenters. The van der Waals surface area contributed by atoms with Crippen molar-refractivity contribution in [1.29, 1.82) is 0 Å². The van der Waals surface area contributed by atoms with Crippen LogP contribution in [-0.4, -0.2) is 14.7 Å². The van der Waals surface area contributed by atoms with Crippen LogP contribution in [0.25, 0.3) is 0 Å². The fourth-order valence-corrected chi connectivity index (χ4v) is 1.72. The van der Waals surface area contributed by atoms with E-state index in [1.54, 1.807) is 0 Å². The van der Waals surface area contributed by atoms with Crippen LogP contribution in [0.4, 0.5) is 0 Å². The van der Waals surface area contributed by atoms with Crippen molar-refractivity contribution in [1.82, 2.24) is 9.55 Å². The van der Waals surface area contributed by atoms with Gasteiger partial charge >= 0.3 is 0 Å². The molecule has 4 heteroatoms. The number of imidazole rings is 1. The minimum Gasteiger partial charge on any atom is -0.390 e. The molecule has 0 radical (unpaired) electrons. The highest BCUT2D eigenvalue weighted by molar-refractivity contribution is 6.16. The van der Waals surface area contributed by atoms with Gasteiger partial charge in [0.2, 0.25) is 0 Å². The molecular weight excluding hydrogens is 200 g/mol. The quantitative estimate of drug-likeness (QED) is 0.765. The van der Waals surface area contributed by atoms with Crippen molar-refractivity contribution in [2.75, 3.05) is 0 Å². The van der Waals surface area contributed by atoms with Crippen molar-refractivity contribution in [3.63, 3.8) is 0 Å². The Balaban J connectivity index is 2.89. The number of aliphatic hydroxyl groups is 1. The normalized spacial score (nSPS) is 10.9. The van der Waals surface area contributed by atoms with Crippen LogP contribution in [0.3, 0.4) is 0 Å². The molecule has 0 fully saturated rings. The molecule has 0 unspecified atom stereocenters. The van der Waals surface area contributed by atoms with Gasteiger partial charge < -0.3 is 9.67 Å². The van der Waals surface area contributed by atoms with Crippen molar-refractivity contribution < 1.29 is 5.11 Å². The van der Waals surface area contributed by atoms with Crippen LogP contribution in [0.5, 0.6) is 0 Å². The molecule has 1 N–H and O–H groups in total. The molecule has 0 saturated carbocycles. The molecule has 14 heavy (non-hydrogen) atoms. The zero-order valence-electron chi connectivity index (χ0n) is 8.76. The second-order valence-corrected chi connectivity index (χ2v) is 3.64. The highest BCUT2D eigenvalue weighted by atomic mass is 35.5. The van der Waals surface area contributed by atoms with E-state index in [1.807, 2.05) is 11.6 Å². The lowest BCUT2D eigenvalue weighted by Crippen LogP contribution is -2.02. The van der Waals surface area contributed by atoms with Gasteiger partial charge in [-0.25, -0.2) is 4.98 Å². The first-order valence-corrected chi connectivity index (χ1v) is 5.48. The summed E-state index contributed by atoms with van der Waals surface area (Å²) < 4.78 is 1.95. The van der Waals surface area contributed by atoms with Crippen LogP contribution < -0.4 is 0 Å². The van der Waals surface area contributed by atoms with E-state index in [4.69, 9.17) is 16.7 Å². The van der Waals surface area contributed by atoms with Gasteiger partial charge in [-0.05, 0) is 6.42 Å². The Morgan fingerprint density at radius 2 is 2.21 bits per heavy atom. The first-order valence-electron chi connectivity index (χ1n) is 4.94. The number of hydrogen-bond donors (Lipinski definition) is 1. The molecule has 0 aliphatic carbocycles. The summed E-state index contributed by atoms with van der Waals surface area (Å²) in [6.45, 7) is 2.16. The maximum absolute atomic E-state index is 9.15. The molecule has 0 aliphatic heterocycles. The molecule has 3 nitrogen and oxygen atoms in total. The number of halogens is 1. The zero-order chi connectivity index (χ0) is 10.6. The van der Waals surface area contributed by atoms with Crippen LogP contribution in [-0.2, 0) is 26.0 Å². The number of hydrogen-bond acceptors (Lipinski definition) is 2. The highest BCUT2D eigenvalue weighted by Gasteiger charge is 2.11. The third-order valence-electron chi connectivity index (χ3n) is 2.42. The SMILES string of the molecule is CCCCc1nc(CCl)c(CO)n1C. The first-order chi connectivity index (χ1) is 6.74. The van der Waals surface area contributed by atoms with Gasteiger partial charge in [0.1, 0.15) is 5.82 Å². The summed E-state index contributed by atoms with van der Waals surface area (Å²) in [5, 5.41) is 9.15. The predicted molar refractivity (Wildman–Crippen MR) is 57.3 cm³/mol. The largest absolute Gasteiger partial charge is 0.390 e. The fourth-order valence-electron chi connectivity index (χ4n) is 1.51. The van der Waals surface area contributed by atoms with Crippen molar-refractivity contribution in [2.24, 2.45) is 7.05 Å². The molecule has 0 aromatic carbocycles. The Kier molecular flexibility index (Phi) is 4.42. The van der Waals surface area contributed by atoms with Crippen molar-refractivity contribution >= 4 is 11.6 Å².